The SMILES string of the molecule is O=C(C[C@H]1SC(N2CCCCC2)=NC1=O)Nc1ccc(C(=O)Nc2ccccc2)cc1. The third-order valence-corrected chi connectivity index (χ3v) is 6.40. The van der Waals surface area contributed by atoms with Gasteiger partial charge in [0.1, 0.15) is 5.25 Å². The first kappa shape index (κ1) is 21.1. The maximum atomic E-state index is 12.4. The number of nitrogens with zero attached hydrogens (tertiary/aromatic N) is 2. The molecule has 0 radical (unpaired) electrons. The van der Waals surface area contributed by atoms with Crippen LogP contribution in [0.4, 0.5) is 11.4 Å². The maximum Gasteiger partial charge on any atom is 0.262 e. The lowest BCUT2D eigenvalue weighted by Gasteiger charge is -2.27. The van der Waals surface area contributed by atoms with E-state index in [2.05, 4.69) is 20.5 Å². The molecule has 0 saturated carbocycles. The van der Waals surface area contributed by atoms with Crippen molar-refractivity contribution in [3.63, 3.8) is 0 Å². The van der Waals surface area contributed by atoms with Crippen LogP contribution in [0.3, 0.4) is 0 Å². The van der Waals surface area contributed by atoms with E-state index in [0.717, 1.165) is 36.8 Å². The van der Waals surface area contributed by atoms with Gasteiger partial charge in [-0.1, -0.05) is 30.0 Å². The molecule has 0 aromatic heterocycles. The number of para-hydroxylation sites is 1. The molecule has 1 atom stereocenters. The number of anilines is 2. The molecule has 2 aliphatic heterocycles. The highest BCUT2D eigenvalue weighted by Gasteiger charge is 2.33. The molecule has 2 aromatic carbocycles. The molecule has 160 valence electrons. The minimum atomic E-state index is -0.479. The highest BCUT2D eigenvalue weighted by Crippen LogP contribution is 2.29. The van der Waals surface area contributed by atoms with E-state index in [1.54, 1.807) is 24.3 Å². The summed E-state index contributed by atoms with van der Waals surface area (Å²) < 4.78 is 0. The number of carbonyl (C=O) groups excluding carboxylic acids is 3. The molecule has 4 rings (SSSR count). The Kier molecular flexibility index (Phi) is 6.66. The molecule has 7 nitrogen and oxygen atoms in total. The monoisotopic (exact) mass is 436 g/mol. The van der Waals surface area contributed by atoms with Gasteiger partial charge in [0.2, 0.25) is 5.91 Å². The molecule has 0 aliphatic carbocycles. The zero-order chi connectivity index (χ0) is 21.6. The molecular weight excluding hydrogens is 412 g/mol. The number of hydrogen-bond acceptors (Lipinski definition) is 5. The van der Waals surface area contributed by atoms with Gasteiger partial charge < -0.3 is 15.5 Å². The lowest BCUT2D eigenvalue weighted by molar-refractivity contribution is -0.121. The molecule has 0 unspecified atom stereocenters. The number of amidine groups is 1. The molecule has 0 spiro atoms. The van der Waals surface area contributed by atoms with E-state index in [0.29, 0.717) is 11.3 Å². The lowest BCUT2D eigenvalue weighted by atomic mass is 10.1. The van der Waals surface area contributed by atoms with Gasteiger partial charge in [0.15, 0.2) is 5.17 Å². The first-order valence-corrected chi connectivity index (χ1v) is 11.3. The Bertz CT molecular complexity index is 986. The van der Waals surface area contributed by atoms with Crippen molar-refractivity contribution in [1.29, 1.82) is 0 Å². The van der Waals surface area contributed by atoms with E-state index in [4.69, 9.17) is 0 Å². The van der Waals surface area contributed by atoms with Crippen molar-refractivity contribution < 1.29 is 14.4 Å². The molecule has 8 heteroatoms. The minimum absolute atomic E-state index is 0.0700. The van der Waals surface area contributed by atoms with Crippen LogP contribution in [0.1, 0.15) is 36.0 Å². The van der Waals surface area contributed by atoms with Crippen molar-refractivity contribution in [3.8, 4) is 0 Å². The molecule has 3 amide bonds. The highest BCUT2D eigenvalue weighted by atomic mass is 32.2. The molecule has 31 heavy (non-hydrogen) atoms. The van der Waals surface area contributed by atoms with Gasteiger partial charge in [-0.05, 0) is 55.7 Å². The van der Waals surface area contributed by atoms with Gasteiger partial charge in [-0.15, -0.1) is 0 Å². The van der Waals surface area contributed by atoms with E-state index >= 15 is 0 Å². The van der Waals surface area contributed by atoms with Crippen LogP contribution in [0, 0.1) is 0 Å². The Balaban J connectivity index is 1.28. The van der Waals surface area contributed by atoms with Crippen LogP contribution in [-0.2, 0) is 9.59 Å². The summed E-state index contributed by atoms with van der Waals surface area (Å²) in [5.41, 5.74) is 1.78. The Morgan fingerprint density at radius 2 is 1.61 bits per heavy atom. The van der Waals surface area contributed by atoms with E-state index in [9.17, 15) is 14.4 Å². The van der Waals surface area contributed by atoms with Crippen LogP contribution >= 0.6 is 11.8 Å². The van der Waals surface area contributed by atoms with Gasteiger partial charge >= 0.3 is 0 Å². The summed E-state index contributed by atoms with van der Waals surface area (Å²) >= 11 is 1.38. The van der Waals surface area contributed by atoms with Crippen molar-refractivity contribution in [2.75, 3.05) is 23.7 Å². The average molecular weight is 437 g/mol. The van der Waals surface area contributed by atoms with Crippen LogP contribution < -0.4 is 10.6 Å². The van der Waals surface area contributed by atoms with Crippen LogP contribution in [0.5, 0.6) is 0 Å². The van der Waals surface area contributed by atoms with Gasteiger partial charge in [0.05, 0.1) is 0 Å². The average Bonchev–Trinajstić information content (AvgIpc) is 3.15. The molecule has 2 aromatic rings. The fourth-order valence-corrected chi connectivity index (χ4v) is 4.66. The van der Waals surface area contributed by atoms with Crippen molar-refractivity contribution in [3.05, 3.63) is 60.2 Å². The Morgan fingerprint density at radius 1 is 0.935 bits per heavy atom. The quantitative estimate of drug-likeness (QED) is 0.745. The zero-order valence-corrected chi connectivity index (χ0v) is 17.9. The van der Waals surface area contributed by atoms with Gasteiger partial charge in [0.25, 0.3) is 11.8 Å². The zero-order valence-electron chi connectivity index (χ0n) is 17.0. The highest BCUT2D eigenvalue weighted by molar-refractivity contribution is 8.15. The van der Waals surface area contributed by atoms with E-state index in [1.165, 1.54) is 18.2 Å². The van der Waals surface area contributed by atoms with Crippen molar-refractivity contribution >= 4 is 46.0 Å². The minimum Gasteiger partial charge on any atom is -0.351 e. The number of rotatable bonds is 5. The Morgan fingerprint density at radius 3 is 2.32 bits per heavy atom. The Labute approximate surface area is 185 Å². The smallest absolute Gasteiger partial charge is 0.262 e. The summed E-state index contributed by atoms with van der Waals surface area (Å²) in [7, 11) is 0. The van der Waals surface area contributed by atoms with Gasteiger partial charge in [-0.25, -0.2) is 0 Å². The third kappa shape index (κ3) is 5.52. The molecule has 2 heterocycles. The summed E-state index contributed by atoms with van der Waals surface area (Å²) in [6.45, 7) is 1.84. The second-order valence-electron chi connectivity index (χ2n) is 7.54. The van der Waals surface area contributed by atoms with Crippen LogP contribution in [0.15, 0.2) is 59.6 Å². The number of hydrogen-bond donors (Lipinski definition) is 2. The number of nitrogens with one attached hydrogen (secondary N) is 2. The lowest BCUT2D eigenvalue weighted by Crippen LogP contribution is -2.33. The standard InChI is InChI=1S/C23H24N4O3S/c28-20(15-19-22(30)26-23(31-19)27-13-5-2-6-14-27)24-18-11-9-16(10-12-18)21(29)25-17-7-3-1-4-8-17/h1,3-4,7-12,19H,2,5-6,13-15H2,(H,24,28)(H,25,29)/t19-/m1/s1. The third-order valence-electron chi connectivity index (χ3n) is 5.19. The van der Waals surface area contributed by atoms with Crippen molar-refractivity contribution in [1.82, 2.24) is 4.90 Å². The second kappa shape index (κ2) is 9.78. The fourth-order valence-electron chi connectivity index (χ4n) is 3.54. The molecule has 0 bridgehead atoms. The topological polar surface area (TPSA) is 90.9 Å². The first-order chi connectivity index (χ1) is 15.1. The fraction of sp³-hybridized carbons (Fsp3) is 0.304. The number of likely N-dealkylation sites (tertiary alicyclic amines) is 1. The number of amides is 3. The number of piperidine rings is 1. The van der Waals surface area contributed by atoms with Gasteiger partial charge in [-0.3, -0.25) is 14.4 Å². The first-order valence-electron chi connectivity index (χ1n) is 10.4. The van der Waals surface area contributed by atoms with Crippen LogP contribution in [-0.4, -0.2) is 46.1 Å². The summed E-state index contributed by atoms with van der Waals surface area (Å²) in [5.74, 6) is -0.712. The van der Waals surface area contributed by atoms with Crippen LogP contribution in [0.2, 0.25) is 0 Å². The van der Waals surface area contributed by atoms with E-state index in [-0.39, 0.29) is 24.1 Å². The van der Waals surface area contributed by atoms with Gasteiger partial charge in [-0.2, -0.15) is 4.99 Å². The predicted molar refractivity (Wildman–Crippen MR) is 123 cm³/mol. The largest absolute Gasteiger partial charge is 0.351 e. The number of carbonyl (C=O) groups is 3. The van der Waals surface area contributed by atoms with Crippen molar-refractivity contribution in [2.45, 2.75) is 30.9 Å². The summed E-state index contributed by atoms with van der Waals surface area (Å²) in [6.07, 6.45) is 3.50. The molecule has 2 aliphatic rings. The van der Waals surface area contributed by atoms with Gasteiger partial charge in [0, 0.05) is 36.4 Å². The number of thioether (sulfide) groups is 1. The molecular formula is C23H24N4O3S. The molecule has 1 fully saturated rings. The summed E-state index contributed by atoms with van der Waals surface area (Å²) in [6, 6.07) is 15.9. The van der Waals surface area contributed by atoms with Crippen LogP contribution in [0.25, 0.3) is 0 Å². The normalized spacial score (nSPS) is 18.5. The second-order valence-corrected chi connectivity index (χ2v) is 8.71. The predicted octanol–water partition coefficient (Wildman–Crippen LogP) is 3.75. The number of benzene rings is 2. The number of aliphatic imine (C=N–C) groups is 1. The van der Waals surface area contributed by atoms with E-state index < -0.39 is 5.25 Å². The summed E-state index contributed by atoms with van der Waals surface area (Å²) in [4.78, 5) is 43.3. The summed E-state index contributed by atoms with van der Waals surface area (Å²) in [5, 5.41) is 5.89. The molecule has 2 N–H and O–H groups in total. The molecule has 1 saturated heterocycles. The Hall–Kier alpha value is -3.13. The van der Waals surface area contributed by atoms with Crippen molar-refractivity contribution in [2.24, 2.45) is 4.99 Å². The maximum absolute atomic E-state index is 12.4. The van der Waals surface area contributed by atoms with E-state index in [1.807, 2.05) is 30.3 Å².